The summed E-state index contributed by atoms with van der Waals surface area (Å²) in [4.78, 5) is 33.4. The molecular weight excluding hydrogens is 352 g/mol. The minimum absolute atomic E-state index is 0. The number of ketones is 2. The number of nitro groups is 1. The summed E-state index contributed by atoms with van der Waals surface area (Å²) in [6.45, 7) is 1.52. The van der Waals surface area contributed by atoms with Gasteiger partial charge in [-0.3, -0.25) is 19.7 Å². The van der Waals surface area contributed by atoms with Crippen LogP contribution in [0.1, 0.15) is 27.6 Å². The Morgan fingerprint density at radius 2 is 1.77 bits per heavy atom. The third-order valence-corrected chi connectivity index (χ3v) is 3.00. The molecule has 0 aliphatic heterocycles. The number of nitrogens with zero attached hydrogens (tertiary/aromatic N) is 2. The van der Waals surface area contributed by atoms with Gasteiger partial charge in [-0.15, -0.1) is 17.0 Å². The van der Waals surface area contributed by atoms with Gasteiger partial charge in [0.1, 0.15) is 0 Å². The van der Waals surface area contributed by atoms with Crippen LogP contribution in [0.25, 0.3) is 0 Å². The van der Waals surface area contributed by atoms with Gasteiger partial charge < -0.3 is 0 Å². The van der Waals surface area contributed by atoms with E-state index in [4.69, 9.17) is 0 Å². The monoisotopic (exact) mass is 365 g/mol. The number of carbonyl (C=O) groups is 2. The van der Waals surface area contributed by atoms with Crippen LogP contribution in [0.15, 0.2) is 48.8 Å². The van der Waals surface area contributed by atoms with E-state index in [0.29, 0.717) is 5.56 Å². The number of pyridine rings is 1. The van der Waals surface area contributed by atoms with E-state index in [1.54, 1.807) is 35.2 Å². The van der Waals surface area contributed by atoms with Gasteiger partial charge in [0.15, 0.2) is 18.2 Å². The van der Waals surface area contributed by atoms with Crippen LogP contribution in [0.2, 0.25) is 0 Å². The fourth-order valence-electron chi connectivity index (χ4n) is 1.85. The van der Waals surface area contributed by atoms with E-state index in [-0.39, 0.29) is 46.3 Å². The van der Waals surface area contributed by atoms with E-state index >= 15 is 0 Å². The molecule has 7 heteroatoms. The molecule has 6 nitrogen and oxygen atoms in total. The molecule has 1 heterocycles. The molecule has 0 aliphatic rings. The van der Waals surface area contributed by atoms with Crippen LogP contribution in [0, 0.1) is 10.1 Å². The molecular formula is C15H14BrN2O4+. The summed E-state index contributed by atoms with van der Waals surface area (Å²) in [7, 11) is 0. The van der Waals surface area contributed by atoms with Gasteiger partial charge in [0.25, 0.3) is 5.69 Å². The van der Waals surface area contributed by atoms with Crippen molar-refractivity contribution in [2.75, 3.05) is 0 Å². The van der Waals surface area contributed by atoms with E-state index < -0.39 is 4.92 Å². The zero-order valence-corrected chi connectivity index (χ0v) is 13.5. The van der Waals surface area contributed by atoms with Crippen molar-refractivity contribution in [1.82, 2.24) is 0 Å². The van der Waals surface area contributed by atoms with Crippen molar-refractivity contribution in [3.05, 3.63) is 70.0 Å². The molecule has 0 aliphatic carbocycles. The molecule has 0 fully saturated rings. The largest absolute Gasteiger partial charge is 0.295 e. The second kappa shape index (κ2) is 7.56. The van der Waals surface area contributed by atoms with Gasteiger partial charge in [-0.1, -0.05) is 12.1 Å². The van der Waals surface area contributed by atoms with Gasteiger partial charge in [0.2, 0.25) is 12.3 Å². The maximum Gasteiger partial charge on any atom is 0.270 e. The number of rotatable bonds is 5. The summed E-state index contributed by atoms with van der Waals surface area (Å²) in [6.07, 6.45) is 3.26. The van der Waals surface area contributed by atoms with Crippen molar-refractivity contribution >= 4 is 34.2 Å². The van der Waals surface area contributed by atoms with Crippen molar-refractivity contribution in [3.8, 4) is 0 Å². The van der Waals surface area contributed by atoms with Gasteiger partial charge in [-0.2, -0.15) is 4.57 Å². The highest BCUT2D eigenvalue weighted by Crippen LogP contribution is 2.13. The number of hydrogen-bond donors (Lipinski definition) is 0. The lowest BCUT2D eigenvalue weighted by atomic mass is 10.1. The zero-order chi connectivity index (χ0) is 15.4. The van der Waals surface area contributed by atoms with Crippen molar-refractivity contribution < 1.29 is 19.1 Å². The molecule has 2 aromatic rings. The maximum absolute atomic E-state index is 12.1. The average molecular weight is 366 g/mol. The summed E-state index contributed by atoms with van der Waals surface area (Å²) >= 11 is 0. The summed E-state index contributed by atoms with van der Waals surface area (Å²) in [6, 6.07) is 8.87. The molecule has 114 valence electrons. The minimum atomic E-state index is -0.536. The molecule has 0 saturated carbocycles. The average Bonchev–Trinajstić information content (AvgIpc) is 2.48. The second-order valence-corrected chi connectivity index (χ2v) is 4.55. The van der Waals surface area contributed by atoms with Gasteiger partial charge >= 0.3 is 0 Å². The molecule has 0 radical (unpaired) electrons. The smallest absolute Gasteiger partial charge is 0.270 e. The number of halogens is 1. The summed E-state index contributed by atoms with van der Waals surface area (Å²) in [5, 5.41) is 10.7. The number of benzene rings is 1. The van der Waals surface area contributed by atoms with E-state index in [1.807, 2.05) is 0 Å². The second-order valence-electron chi connectivity index (χ2n) is 4.55. The lowest BCUT2D eigenvalue weighted by molar-refractivity contribution is -0.683. The number of non-ortho nitro benzene ring substituents is 1. The molecule has 0 saturated heterocycles. The fourth-order valence-corrected chi connectivity index (χ4v) is 1.85. The van der Waals surface area contributed by atoms with Crippen molar-refractivity contribution in [1.29, 1.82) is 0 Å². The predicted octanol–water partition coefficient (Wildman–Crippen LogP) is 2.55. The summed E-state index contributed by atoms with van der Waals surface area (Å²) in [5.41, 5.74) is 0.735. The quantitative estimate of drug-likeness (QED) is 0.353. The molecule has 0 unspecified atom stereocenters. The molecule has 22 heavy (non-hydrogen) atoms. The van der Waals surface area contributed by atoms with Crippen molar-refractivity contribution in [2.24, 2.45) is 0 Å². The standard InChI is InChI=1S/C15H13N2O4.BrH/c1-11(18)12-5-7-16(8-6-12)10-15(19)13-3-2-4-14(9-13)17(20)21;/h2-9H,10H2,1H3;1H/q+1;. The van der Waals surface area contributed by atoms with Gasteiger partial charge in [-0.05, 0) is 6.92 Å². The predicted molar refractivity (Wildman–Crippen MR) is 84.4 cm³/mol. The Morgan fingerprint density at radius 3 is 2.32 bits per heavy atom. The highest BCUT2D eigenvalue weighted by molar-refractivity contribution is 8.93. The maximum atomic E-state index is 12.1. The zero-order valence-electron chi connectivity index (χ0n) is 11.8. The van der Waals surface area contributed by atoms with Gasteiger partial charge in [-0.25, -0.2) is 0 Å². The summed E-state index contributed by atoms with van der Waals surface area (Å²) in [5.74, 6) is -0.286. The minimum Gasteiger partial charge on any atom is -0.295 e. The Labute approximate surface area is 137 Å². The van der Waals surface area contributed by atoms with Gasteiger partial charge in [0.05, 0.1) is 4.92 Å². The Bertz CT molecular complexity index is 714. The third-order valence-electron chi connectivity index (χ3n) is 3.00. The first-order chi connectivity index (χ1) is 9.97. The van der Waals surface area contributed by atoms with Crippen molar-refractivity contribution in [3.63, 3.8) is 0 Å². The topological polar surface area (TPSA) is 81.2 Å². The Hall–Kier alpha value is -2.41. The Morgan fingerprint density at radius 1 is 1.14 bits per heavy atom. The fraction of sp³-hybridized carbons (Fsp3) is 0.133. The highest BCUT2D eigenvalue weighted by Gasteiger charge is 2.15. The molecule has 0 spiro atoms. The lowest BCUT2D eigenvalue weighted by Gasteiger charge is -1.99. The first-order valence-electron chi connectivity index (χ1n) is 6.25. The number of Topliss-reactive ketones (excluding diaryl/α,β-unsaturated/α-hetero) is 2. The molecule has 0 atom stereocenters. The highest BCUT2D eigenvalue weighted by atomic mass is 79.9. The normalized spacial score (nSPS) is 9.68. The molecule has 0 N–H and O–H groups in total. The summed E-state index contributed by atoms with van der Waals surface area (Å²) < 4.78 is 1.62. The number of hydrogen-bond acceptors (Lipinski definition) is 4. The van der Waals surface area contributed by atoms with Crippen molar-refractivity contribution in [2.45, 2.75) is 13.5 Å². The first kappa shape index (κ1) is 17.6. The number of carbonyl (C=O) groups excluding carboxylic acids is 2. The molecule has 1 aromatic heterocycles. The van der Waals surface area contributed by atoms with E-state index in [1.165, 1.54) is 25.1 Å². The van der Waals surface area contributed by atoms with Crippen LogP contribution in [0.5, 0.6) is 0 Å². The van der Waals surface area contributed by atoms with Crippen LogP contribution >= 0.6 is 17.0 Å². The lowest BCUT2D eigenvalue weighted by Crippen LogP contribution is -2.37. The molecule has 2 rings (SSSR count). The van der Waals surface area contributed by atoms with E-state index in [2.05, 4.69) is 0 Å². The van der Waals surface area contributed by atoms with Crippen LogP contribution < -0.4 is 4.57 Å². The molecule has 1 aromatic carbocycles. The molecule has 0 amide bonds. The SMILES string of the molecule is Br.CC(=O)c1cc[n+](CC(=O)c2cccc([N+](=O)[O-])c2)cc1. The molecule has 0 bridgehead atoms. The van der Waals surface area contributed by atoms with E-state index in [0.717, 1.165) is 0 Å². The van der Waals surface area contributed by atoms with Crippen LogP contribution in [-0.4, -0.2) is 16.5 Å². The van der Waals surface area contributed by atoms with E-state index in [9.17, 15) is 19.7 Å². The van der Waals surface area contributed by atoms with Gasteiger partial charge in [0, 0.05) is 35.4 Å². The number of nitro benzene ring substituents is 1. The first-order valence-corrected chi connectivity index (χ1v) is 6.25. The Kier molecular flexibility index (Phi) is 6.06. The number of aromatic nitrogens is 1. The van der Waals surface area contributed by atoms with Crippen LogP contribution in [0.3, 0.4) is 0 Å². The van der Waals surface area contributed by atoms with Crippen LogP contribution in [0.4, 0.5) is 5.69 Å². The Balaban J connectivity index is 0.00000242. The van der Waals surface area contributed by atoms with Crippen LogP contribution in [-0.2, 0) is 6.54 Å². The third kappa shape index (κ3) is 4.29.